The summed E-state index contributed by atoms with van der Waals surface area (Å²) in [6, 6.07) is 26.8. The fourth-order valence-corrected chi connectivity index (χ4v) is 14.8. The van der Waals surface area contributed by atoms with Crippen molar-refractivity contribution >= 4 is 48.0 Å². The predicted molar refractivity (Wildman–Crippen MR) is 242 cm³/mol. The van der Waals surface area contributed by atoms with Crippen molar-refractivity contribution < 1.29 is 38.8 Å². The third-order valence-electron chi connectivity index (χ3n) is 14.0. The molecular formula is C49H60N4O8Si. The Kier molecular flexibility index (Phi) is 12.4. The molecule has 3 N–H and O–H groups in total. The SMILES string of the molecule is CCOc1ccc2c(c1)CC(NCCCCO)C(=O)N2c1ccc2c(c1)[C@]1(O[C@@H](CC(=O)N3Cc4ccccc4C[C@H]3CO)[C@H]([Si](C)(C)c3ccc(OC)cc3)[C@H]1C)C(=O)N2C. The third-order valence-corrected chi connectivity index (χ3v) is 18.4. The van der Waals surface area contributed by atoms with Gasteiger partial charge in [-0.15, -0.1) is 0 Å². The van der Waals surface area contributed by atoms with Crippen molar-refractivity contribution in [3.05, 3.63) is 107 Å². The van der Waals surface area contributed by atoms with E-state index in [1.165, 1.54) is 0 Å². The minimum absolute atomic E-state index is 0.0395. The maximum Gasteiger partial charge on any atom is 0.264 e. The fourth-order valence-electron chi connectivity index (χ4n) is 10.8. The van der Waals surface area contributed by atoms with Crippen molar-refractivity contribution in [1.82, 2.24) is 10.2 Å². The van der Waals surface area contributed by atoms with Crippen LogP contribution >= 0.6 is 0 Å². The van der Waals surface area contributed by atoms with Crippen LogP contribution in [0.2, 0.25) is 18.6 Å². The summed E-state index contributed by atoms with van der Waals surface area (Å²) in [5.74, 6) is 0.662. The van der Waals surface area contributed by atoms with Gasteiger partial charge < -0.3 is 39.5 Å². The van der Waals surface area contributed by atoms with Gasteiger partial charge in [-0.05, 0) is 110 Å². The lowest BCUT2D eigenvalue weighted by molar-refractivity contribution is -0.150. The van der Waals surface area contributed by atoms with E-state index < -0.39 is 25.8 Å². The second-order valence-electron chi connectivity index (χ2n) is 17.8. The quantitative estimate of drug-likeness (QED) is 0.110. The van der Waals surface area contributed by atoms with Crippen molar-refractivity contribution in [3.63, 3.8) is 0 Å². The van der Waals surface area contributed by atoms with E-state index in [1.807, 2.05) is 73.7 Å². The topological polar surface area (TPSA) is 141 Å². The number of methoxy groups -OCH3 is 1. The van der Waals surface area contributed by atoms with Crippen molar-refractivity contribution in [2.24, 2.45) is 5.92 Å². The molecule has 6 atom stereocenters. The largest absolute Gasteiger partial charge is 0.497 e. The predicted octanol–water partition coefficient (Wildman–Crippen LogP) is 5.57. The molecule has 1 saturated heterocycles. The van der Waals surface area contributed by atoms with Gasteiger partial charge >= 0.3 is 0 Å². The summed E-state index contributed by atoms with van der Waals surface area (Å²) in [6.45, 7) is 10.0. The number of fused-ring (bicyclic) bond motifs is 4. The summed E-state index contributed by atoms with van der Waals surface area (Å²) >= 11 is 0. The van der Waals surface area contributed by atoms with Crippen molar-refractivity contribution in [2.45, 2.75) is 94.9 Å². The number of ether oxygens (including phenoxy) is 3. The molecule has 0 radical (unpaired) electrons. The molecule has 4 heterocycles. The molecule has 0 aliphatic carbocycles. The number of benzene rings is 4. The van der Waals surface area contributed by atoms with Crippen molar-refractivity contribution in [1.29, 1.82) is 0 Å². The average molecular weight is 861 g/mol. The van der Waals surface area contributed by atoms with Crippen LogP contribution in [0.3, 0.4) is 0 Å². The van der Waals surface area contributed by atoms with E-state index in [9.17, 15) is 19.8 Å². The lowest BCUT2D eigenvalue weighted by Gasteiger charge is -2.39. The summed E-state index contributed by atoms with van der Waals surface area (Å²) in [4.78, 5) is 49.6. The minimum Gasteiger partial charge on any atom is -0.497 e. The average Bonchev–Trinajstić information content (AvgIpc) is 3.69. The Morgan fingerprint density at radius 1 is 0.919 bits per heavy atom. The molecular weight excluding hydrogens is 801 g/mol. The number of nitrogens with zero attached hydrogens (tertiary/aromatic N) is 3. The molecule has 4 aromatic rings. The number of aliphatic hydroxyl groups excluding tert-OH is 2. The molecule has 0 aromatic heterocycles. The second kappa shape index (κ2) is 17.6. The third kappa shape index (κ3) is 7.51. The molecule has 4 aliphatic heterocycles. The second-order valence-corrected chi connectivity index (χ2v) is 22.5. The smallest absolute Gasteiger partial charge is 0.264 e. The molecule has 1 unspecified atom stereocenters. The van der Waals surface area contributed by atoms with Gasteiger partial charge in [0.15, 0.2) is 5.60 Å². The molecule has 3 amide bonds. The van der Waals surface area contributed by atoms with Gasteiger partial charge in [0.25, 0.3) is 5.91 Å². The molecule has 4 aliphatic rings. The van der Waals surface area contributed by atoms with E-state index in [0.29, 0.717) is 55.9 Å². The number of anilines is 3. The van der Waals surface area contributed by atoms with Gasteiger partial charge in [0.05, 0.1) is 64.4 Å². The van der Waals surface area contributed by atoms with Crippen LogP contribution < -0.4 is 29.8 Å². The first-order valence-electron chi connectivity index (χ1n) is 22.0. The van der Waals surface area contributed by atoms with Gasteiger partial charge in [-0.2, -0.15) is 0 Å². The zero-order chi connectivity index (χ0) is 43.9. The molecule has 1 spiro atoms. The zero-order valence-corrected chi connectivity index (χ0v) is 37.7. The summed E-state index contributed by atoms with van der Waals surface area (Å²) < 4.78 is 18.7. The van der Waals surface area contributed by atoms with E-state index in [4.69, 9.17) is 14.2 Å². The Labute approximate surface area is 365 Å². The Balaban J connectivity index is 1.21. The fraction of sp³-hybridized carbons (Fsp3) is 0.449. The van der Waals surface area contributed by atoms with E-state index in [-0.39, 0.29) is 54.9 Å². The van der Waals surface area contributed by atoms with Gasteiger partial charge in [0.1, 0.15) is 11.5 Å². The number of hydrogen-bond acceptors (Lipinski definition) is 9. The lowest BCUT2D eigenvalue weighted by atomic mass is 9.82. The van der Waals surface area contributed by atoms with Gasteiger partial charge in [-0.3, -0.25) is 19.3 Å². The first-order chi connectivity index (χ1) is 29.9. The first kappa shape index (κ1) is 43.6. The molecule has 1 fully saturated rings. The first-order valence-corrected chi connectivity index (χ1v) is 25.1. The molecule has 0 saturated carbocycles. The maximum absolute atomic E-state index is 15.1. The Morgan fingerprint density at radius 2 is 1.65 bits per heavy atom. The monoisotopic (exact) mass is 860 g/mol. The number of hydrogen-bond donors (Lipinski definition) is 3. The van der Waals surface area contributed by atoms with E-state index in [0.717, 1.165) is 45.5 Å². The summed E-state index contributed by atoms with van der Waals surface area (Å²) in [5.41, 5.74) is 4.23. The van der Waals surface area contributed by atoms with Crippen LogP contribution in [0.5, 0.6) is 11.5 Å². The minimum atomic E-state index is -2.59. The number of carbonyl (C=O) groups is 3. The van der Waals surface area contributed by atoms with E-state index >= 15 is 4.79 Å². The number of likely N-dealkylation sites (N-methyl/N-ethyl adjacent to an activating group) is 1. The van der Waals surface area contributed by atoms with Crippen LogP contribution in [0.25, 0.3) is 0 Å². The summed E-state index contributed by atoms with van der Waals surface area (Å²) in [5, 5.41) is 24.6. The standard InChI is InChI=1S/C49H60N4O8Si/c1-7-60-38-17-21-42-34(25-38)26-41(50-22-10-11-23-54)47(57)53(42)35-14-20-43-40(27-35)49(48(58)51(43)3)31(2)46(62(5,6)39-18-15-37(59-4)16-19-39)44(61-49)28-45(56)52-29-33-13-9-8-12-32(33)24-36(52)30-55/h8-9,12-21,25,27,31,36,41,44,46,50,54-55H,7,10-11,22-24,26,28-30H2,1-6H3/t31-,36+,41?,44+,46-,49+/m1/s1. The number of amides is 3. The number of nitrogens with one attached hydrogen (secondary N) is 1. The molecule has 13 heteroatoms. The van der Waals surface area contributed by atoms with Gasteiger partial charge in [0.2, 0.25) is 11.8 Å². The molecule has 12 nitrogen and oxygen atoms in total. The normalized spacial score (nSPS) is 24.3. The number of rotatable bonds is 14. The highest BCUT2D eigenvalue weighted by molar-refractivity contribution is 6.91. The number of aliphatic hydroxyl groups is 2. The Hall–Kier alpha value is -5.05. The van der Waals surface area contributed by atoms with Crippen LogP contribution in [-0.4, -0.2) is 99.6 Å². The van der Waals surface area contributed by atoms with Crippen LogP contribution in [0, 0.1) is 5.92 Å². The van der Waals surface area contributed by atoms with Crippen LogP contribution in [0.1, 0.15) is 55.4 Å². The van der Waals surface area contributed by atoms with Gasteiger partial charge in [-0.1, -0.05) is 61.6 Å². The summed E-state index contributed by atoms with van der Waals surface area (Å²) in [6.07, 6.45) is 1.80. The molecule has 62 heavy (non-hydrogen) atoms. The summed E-state index contributed by atoms with van der Waals surface area (Å²) in [7, 11) is 0.824. The Morgan fingerprint density at radius 3 is 2.35 bits per heavy atom. The zero-order valence-electron chi connectivity index (χ0n) is 36.7. The van der Waals surface area contributed by atoms with Gasteiger partial charge in [-0.25, -0.2) is 0 Å². The number of unbranched alkanes of at least 4 members (excludes halogenated alkanes) is 1. The maximum atomic E-state index is 15.1. The lowest BCUT2D eigenvalue weighted by Crippen LogP contribution is -2.52. The van der Waals surface area contributed by atoms with E-state index in [2.05, 4.69) is 43.5 Å². The van der Waals surface area contributed by atoms with Crippen molar-refractivity contribution in [3.8, 4) is 11.5 Å². The molecule has 8 rings (SSSR count). The van der Waals surface area contributed by atoms with Crippen molar-refractivity contribution in [2.75, 3.05) is 50.3 Å². The van der Waals surface area contributed by atoms with Crippen LogP contribution in [0.4, 0.5) is 17.1 Å². The number of carbonyl (C=O) groups excluding carboxylic acids is 3. The molecule has 328 valence electrons. The Bertz CT molecular complexity index is 2320. The van der Waals surface area contributed by atoms with Crippen LogP contribution in [0.15, 0.2) is 84.9 Å². The highest BCUT2D eigenvalue weighted by Gasteiger charge is 2.66. The van der Waals surface area contributed by atoms with E-state index in [1.54, 1.807) is 28.9 Å². The molecule has 4 aromatic carbocycles. The highest BCUT2D eigenvalue weighted by Crippen LogP contribution is 2.60. The van der Waals surface area contributed by atoms with Crippen LogP contribution in [-0.2, 0) is 44.1 Å². The molecule has 0 bridgehead atoms. The highest BCUT2D eigenvalue weighted by atomic mass is 28.3. The van der Waals surface area contributed by atoms with Gasteiger partial charge in [0, 0.05) is 37.4 Å².